The second-order valence-corrected chi connectivity index (χ2v) is 8.20. The highest BCUT2D eigenvalue weighted by Crippen LogP contribution is 2.30. The van der Waals surface area contributed by atoms with Crippen LogP contribution in [0.3, 0.4) is 0 Å². The zero-order valence-corrected chi connectivity index (χ0v) is 16.4. The Kier molecular flexibility index (Phi) is 6.07. The van der Waals surface area contributed by atoms with Crippen LogP contribution in [0.25, 0.3) is 0 Å². The monoisotopic (exact) mass is 411 g/mol. The summed E-state index contributed by atoms with van der Waals surface area (Å²) in [4.78, 5) is 23.1. The third kappa shape index (κ3) is 4.75. The minimum absolute atomic E-state index is 0.0634. The van der Waals surface area contributed by atoms with E-state index >= 15 is 0 Å². The van der Waals surface area contributed by atoms with Crippen LogP contribution < -0.4 is 9.62 Å². The quantitative estimate of drug-likeness (QED) is 0.579. The average Bonchev–Trinajstić information content (AvgIpc) is 2.57. The van der Waals surface area contributed by atoms with Crippen molar-refractivity contribution >= 4 is 44.6 Å². The van der Waals surface area contributed by atoms with E-state index in [2.05, 4.69) is 5.32 Å². The second-order valence-electron chi connectivity index (χ2n) is 5.93. The average molecular weight is 412 g/mol. The maximum absolute atomic E-state index is 12.6. The number of benzene rings is 2. The molecule has 0 spiro atoms. The number of hydrogen-bond donors (Lipinski definition) is 1. The lowest BCUT2D eigenvalue weighted by Crippen LogP contribution is -2.45. The van der Waals surface area contributed by atoms with Crippen LogP contribution in [0.15, 0.2) is 42.5 Å². The number of nitro groups is 1. The largest absolute Gasteiger partial charge is 0.323 e. The van der Waals surface area contributed by atoms with E-state index in [-0.39, 0.29) is 11.4 Å². The summed E-state index contributed by atoms with van der Waals surface area (Å²) in [5.74, 6) is -0.626. The Morgan fingerprint density at radius 2 is 1.89 bits per heavy atom. The van der Waals surface area contributed by atoms with Gasteiger partial charge in [0.05, 0.1) is 27.6 Å². The molecule has 1 atom stereocenters. The Balaban J connectivity index is 2.45. The van der Waals surface area contributed by atoms with E-state index < -0.39 is 26.9 Å². The summed E-state index contributed by atoms with van der Waals surface area (Å²) in [6, 6.07) is 9.20. The molecular weight excluding hydrogens is 394 g/mol. The van der Waals surface area contributed by atoms with Crippen molar-refractivity contribution in [2.24, 2.45) is 0 Å². The van der Waals surface area contributed by atoms with Gasteiger partial charge in [-0.2, -0.15) is 0 Å². The Hall–Kier alpha value is -2.65. The number of non-ortho nitro benzene ring substituents is 1. The van der Waals surface area contributed by atoms with Gasteiger partial charge in [0.1, 0.15) is 6.04 Å². The van der Waals surface area contributed by atoms with Crippen LogP contribution >= 0.6 is 11.6 Å². The van der Waals surface area contributed by atoms with Gasteiger partial charge in [-0.1, -0.05) is 29.8 Å². The molecule has 0 aliphatic heterocycles. The fourth-order valence-corrected chi connectivity index (χ4v) is 3.94. The van der Waals surface area contributed by atoms with Gasteiger partial charge in [-0.25, -0.2) is 8.42 Å². The van der Waals surface area contributed by atoms with Crippen LogP contribution in [0.5, 0.6) is 0 Å². The van der Waals surface area contributed by atoms with Crippen LogP contribution in [0, 0.1) is 17.0 Å². The number of para-hydroxylation sites is 1. The van der Waals surface area contributed by atoms with E-state index in [1.807, 2.05) is 0 Å². The van der Waals surface area contributed by atoms with Gasteiger partial charge in [0, 0.05) is 12.1 Å². The number of amides is 1. The third-order valence-electron chi connectivity index (χ3n) is 3.86. The molecule has 1 unspecified atom stereocenters. The molecule has 2 aromatic carbocycles. The fraction of sp³-hybridized carbons (Fsp3) is 0.235. The van der Waals surface area contributed by atoms with Gasteiger partial charge >= 0.3 is 0 Å². The predicted molar refractivity (Wildman–Crippen MR) is 105 cm³/mol. The SMILES string of the molecule is Cc1ccc([N+](=O)[O-])cc1N(C(C)C(=O)Nc1ccccc1Cl)S(C)(=O)=O. The first-order chi connectivity index (χ1) is 12.5. The van der Waals surface area contributed by atoms with Crippen LogP contribution in [0.2, 0.25) is 5.02 Å². The van der Waals surface area contributed by atoms with Crippen LogP contribution in [0.4, 0.5) is 17.1 Å². The summed E-state index contributed by atoms with van der Waals surface area (Å²) in [5, 5.41) is 13.9. The predicted octanol–water partition coefficient (Wildman–Crippen LogP) is 3.35. The number of carbonyl (C=O) groups is 1. The number of rotatable bonds is 6. The number of sulfonamides is 1. The van der Waals surface area contributed by atoms with Crippen LogP contribution in [-0.2, 0) is 14.8 Å². The molecule has 1 amide bonds. The first-order valence-electron chi connectivity index (χ1n) is 7.82. The van der Waals surface area contributed by atoms with Crippen molar-refractivity contribution in [3.8, 4) is 0 Å². The van der Waals surface area contributed by atoms with Gasteiger partial charge in [-0.3, -0.25) is 19.2 Å². The lowest BCUT2D eigenvalue weighted by molar-refractivity contribution is -0.384. The summed E-state index contributed by atoms with van der Waals surface area (Å²) in [6.45, 7) is 3.00. The number of carbonyl (C=O) groups excluding carboxylic acids is 1. The first kappa shape index (κ1) is 20.7. The normalized spacial score (nSPS) is 12.3. The maximum Gasteiger partial charge on any atom is 0.271 e. The van der Waals surface area contributed by atoms with Crippen molar-refractivity contribution in [1.29, 1.82) is 0 Å². The zero-order valence-electron chi connectivity index (χ0n) is 14.8. The highest BCUT2D eigenvalue weighted by molar-refractivity contribution is 7.92. The molecule has 10 heteroatoms. The molecule has 0 heterocycles. The molecule has 0 aliphatic carbocycles. The second kappa shape index (κ2) is 7.93. The number of nitrogens with zero attached hydrogens (tertiary/aromatic N) is 2. The van der Waals surface area contributed by atoms with Crippen molar-refractivity contribution in [2.75, 3.05) is 15.9 Å². The molecule has 0 saturated heterocycles. The molecule has 0 aliphatic rings. The number of aryl methyl sites for hydroxylation is 1. The minimum atomic E-state index is -3.91. The van der Waals surface area contributed by atoms with Gasteiger partial charge in [-0.15, -0.1) is 0 Å². The van der Waals surface area contributed by atoms with Crippen LogP contribution in [0.1, 0.15) is 12.5 Å². The minimum Gasteiger partial charge on any atom is -0.323 e. The molecule has 27 heavy (non-hydrogen) atoms. The maximum atomic E-state index is 12.6. The zero-order chi connectivity index (χ0) is 20.4. The summed E-state index contributed by atoms with van der Waals surface area (Å²) >= 11 is 6.02. The van der Waals surface area contributed by atoms with Crippen LogP contribution in [-0.4, -0.2) is 31.5 Å². The number of nitrogens with one attached hydrogen (secondary N) is 1. The van der Waals surface area contributed by atoms with Crippen molar-refractivity contribution in [2.45, 2.75) is 19.9 Å². The van der Waals surface area contributed by atoms with E-state index in [4.69, 9.17) is 11.6 Å². The van der Waals surface area contributed by atoms with Gasteiger partial charge in [0.2, 0.25) is 15.9 Å². The lowest BCUT2D eigenvalue weighted by Gasteiger charge is -2.29. The summed E-state index contributed by atoms with van der Waals surface area (Å²) in [6.07, 6.45) is 0.935. The Bertz CT molecular complexity index is 994. The van der Waals surface area contributed by atoms with Gasteiger partial charge in [-0.05, 0) is 31.5 Å². The molecule has 0 aromatic heterocycles. The third-order valence-corrected chi connectivity index (χ3v) is 5.42. The van der Waals surface area contributed by atoms with E-state index in [0.717, 1.165) is 16.6 Å². The standard InChI is InChI=1S/C17H18ClN3O5S/c1-11-8-9-13(21(23)24)10-16(11)20(27(3,25)26)12(2)17(22)19-15-7-5-4-6-14(15)18/h4-10,12H,1-3H3,(H,19,22). The van der Waals surface area contributed by atoms with E-state index in [1.165, 1.54) is 19.1 Å². The van der Waals surface area contributed by atoms with Gasteiger partial charge in [0.25, 0.3) is 5.69 Å². The Morgan fingerprint density at radius 1 is 1.26 bits per heavy atom. The lowest BCUT2D eigenvalue weighted by atomic mass is 10.1. The molecule has 0 radical (unpaired) electrons. The molecule has 2 rings (SSSR count). The summed E-state index contributed by atoms with van der Waals surface area (Å²) in [7, 11) is -3.91. The van der Waals surface area contributed by atoms with Gasteiger partial charge < -0.3 is 5.32 Å². The molecule has 0 bridgehead atoms. The molecule has 0 saturated carbocycles. The molecule has 144 valence electrons. The Morgan fingerprint density at radius 3 is 2.44 bits per heavy atom. The molecule has 2 aromatic rings. The van der Waals surface area contributed by atoms with E-state index in [1.54, 1.807) is 31.2 Å². The number of halogens is 1. The van der Waals surface area contributed by atoms with Crippen molar-refractivity contribution < 1.29 is 18.1 Å². The molecule has 0 fully saturated rings. The number of hydrogen-bond acceptors (Lipinski definition) is 5. The highest BCUT2D eigenvalue weighted by Gasteiger charge is 2.31. The highest BCUT2D eigenvalue weighted by atomic mass is 35.5. The summed E-state index contributed by atoms with van der Waals surface area (Å²) in [5.41, 5.74) is 0.597. The van der Waals surface area contributed by atoms with E-state index in [9.17, 15) is 23.3 Å². The number of nitro benzene ring substituents is 1. The van der Waals surface area contributed by atoms with Crippen molar-refractivity contribution in [3.63, 3.8) is 0 Å². The molecule has 8 nitrogen and oxygen atoms in total. The molecular formula is C17H18ClN3O5S. The first-order valence-corrected chi connectivity index (χ1v) is 10.0. The fourth-order valence-electron chi connectivity index (χ4n) is 2.53. The molecule has 1 N–H and O–H groups in total. The summed E-state index contributed by atoms with van der Waals surface area (Å²) < 4.78 is 25.6. The Labute approximate surface area is 162 Å². The van der Waals surface area contributed by atoms with Crippen molar-refractivity contribution in [3.05, 3.63) is 63.2 Å². The van der Waals surface area contributed by atoms with Gasteiger partial charge in [0.15, 0.2) is 0 Å². The topological polar surface area (TPSA) is 110 Å². The number of anilines is 2. The van der Waals surface area contributed by atoms with Crippen molar-refractivity contribution in [1.82, 2.24) is 0 Å². The smallest absolute Gasteiger partial charge is 0.271 e. The van der Waals surface area contributed by atoms with E-state index in [0.29, 0.717) is 16.3 Å².